The second-order valence-corrected chi connectivity index (χ2v) is 3.75. The SMILES string of the molecule is O=C(CCl)Cc1ccc(C(O)C(=O)O)cc1O. The Labute approximate surface area is 102 Å². The molecule has 17 heavy (non-hydrogen) atoms. The van der Waals surface area contributed by atoms with Crippen LogP contribution in [0.25, 0.3) is 0 Å². The fourth-order valence-corrected chi connectivity index (χ4v) is 1.40. The molecule has 0 bridgehead atoms. The van der Waals surface area contributed by atoms with E-state index in [2.05, 4.69) is 0 Å². The van der Waals surface area contributed by atoms with E-state index in [4.69, 9.17) is 16.7 Å². The van der Waals surface area contributed by atoms with Gasteiger partial charge in [-0.25, -0.2) is 4.79 Å². The minimum atomic E-state index is -1.70. The normalized spacial score (nSPS) is 12.1. The Hall–Kier alpha value is -1.59. The lowest BCUT2D eigenvalue weighted by Crippen LogP contribution is -2.11. The molecule has 0 saturated heterocycles. The molecule has 3 N–H and O–H groups in total. The third-order valence-corrected chi connectivity index (χ3v) is 2.49. The van der Waals surface area contributed by atoms with Gasteiger partial charge in [0.2, 0.25) is 0 Å². The molecule has 5 nitrogen and oxygen atoms in total. The summed E-state index contributed by atoms with van der Waals surface area (Å²) in [5.74, 6) is -2.05. The Morgan fingerprint density at radius 3 is 2.47 bits per heavy atom. The molecule has 0 radical (unpaired) electrons. The van der Waals surface area contributed by atoms with Gasteiger partial charge < -0.3 is 15.3 Å². The van der Waals surface area contributed by atoms with Gasteiger partial charge in [-0.2, -0.15) is 0 Å². The van der Waals surface area contributed by atoms with Crippen molar-refractivity contribution < 1.29 is 24.9 Å². The summed E-state index contributed by atoms with van der Waals surface area (Å²) in [6.07, 6.45) is -1.72. The number of carbonyl (C=O) groups excluding carboxylic acids is 1. The Morgan fingerprint density at radius 2 is 2.00 bits per heavy atom. The number of alkyl halides is 1. The number of carboxylic acid groups (broad SMARTS) is 1. The number of hydrogen-bond acceptors (Lipinski definition) is 4. The van der Waals surface area contributed by atoms with E-state index in [0.29, 0.717) is 5.56 Å². The number of carbonyl (C=O) groups is 2. The van der Waals surface area contributed by atoms with E-state index in [1.165, 1.54) is 12.1 Å². The molecule has 92 valence electrons. The molecule has 0 amide bonds. The van der Waals surface area contributed by atoms with Gasteiger partial charge in [0.25, 0.3) is 0 Å². The summed E-state index contributed by atoms with van der Waals surface area (Å²) in [6, 6.07) is 3.85. The molecule has 1 unspecified atom stereocenters. The molecule has 0 spiro atoms. The Balaban J connectivity index is 2.93. The van der Waals surface area contributed by atoms with Crippen LogP contribution in [0.15, 0.2) is 18.2 Å². The van der Waals surface area contributed by atoms with E-state index in [-0.39, 0.29) is 29.4 Å². The molecule has 1 atom stereocenters. The number of phenolic OH excluding ortho intramolecular Hbond substituents is 1. The number of aliphatic carboxylic acids is 1. The van der Waals surface area contributed by atoms with Crippen molar-refractivity contribution in [1.29, 1.82) is 0 Å². The van der Waals surface area contributed by atoms with Gasteiger partial charge in [0.1, 0.15) is 5.75 Å². The van der Waals surface area contributed by atoms with Crippen LogP contribution in [0.3, 0.4) is 0 Å². The number of aliphatic hydroxyl groups excluding tert-OH is 1. The van der Waals surface area contributed by atoms with Crippen LogP contribution in [-0.2, 0) is 16.0 Å². The Morgan fingerprint density at radius 1 is 1.35 bits per heavy atom. The van der Waals surface area contributed by atoms with Crippen LogP contribution >= 0.6 is 11.6 Å². The van der Waals surface area contributed by atoms with Gasteiger partial charge in [-0.3, -0.25) is 4.79 Å². The molecular weight excluding hydrogens is 248 g/mol. The number of Topliss-reactive ketones (excluding diaryl/α,β-unsaturated/α-hetero) is 1. The number of hydrogen-bond donors (Lipinski definition) is 3. The number of halogens is 1. The second-order valence-electron chi connectivity index (χ2n) is 3.48. The first-order valence-corrected chi connectivity index (χ1v) is 5.29. The van der Waals surface area contributed by atoms with Crippen molar-refractivity contribution in [2.45, 2.75) is 12.5 Å². The predicted molar refractivity (Wildman–Crippen MR) is 60.1 cm³/mol. The summed E-state index contributed by atoms with van der Waals surface area (Å²) in [6.45, 7) is 0. The molecule has 6 heteroatoms. The van der Waals surface area contributed by atoms with Crippen molar-refractivity contribution in [3.63, 3.8) is 0 Å². The number of phenols is 1. The fourth-order valence-electron chi connectivity index (χ4n) is 1.30. The topological polar surface area (TPSA) is 94.8 Å². The first-order chi connectivity index (χ1) is 7.95. The summed E-state index contributed by atoms with van der Waals surface area (Å²) in [5.41, 5.74) is 0.397. The highest BCUT2D eigenvalue weighted by Crippen LogP contribution is 2.23. The maximum absolute atomic E-state index is 11.1. The number of carboxylic acids is 1. The second kappa shape index (κ2) is 5.65. The Bertz CT molecular complexity index is 443. The summed E-state index contributed by atoms with van der Waals surface area (Å²) < 4.78 is 0. The zero-order valence-electron chi connectivity index (χ0n) is 8.76. The van der Waals surface area contributed by atoms with E-state index >= 15 is 0 Å². The smallest absolute Gasteiger partial charge is 0.337 e. The minimum absolute atomic E-state index is 0.0290. The highest BCUT2D eigenvalue weighted by atomic mass is 35.5. The van der Waals surface area contributed by atoms with Gasteiger partial charge >= 0.3 is 5.97 Å². The van der Waals surface area contributed by atoms with Gasteiger partial charge in [0, 0.05) is 12.0 Å². The van der Waals surface area contributed by atoms with E-state index < -0.39 is 12.1 Å². The standard InChI is InChI=1S/C11H11ClO5/c12-5-8(13)3-6-1-2-7(4-9(6)14)10(15)11(16)17/h1-2,4,10,14-15H,3,5H2,(H,16,17). The van der Waals surface area contributed by atoms with Crippen molar-refractivity contribution in [2.75, 3.05) is 5.88 Å². The van der Waals surface area contributed by atoms with E-state index in [1.54, 1.807) is 0 Å². The van der Waals surface area contributed by atoms with Crippen LogP contribution in [0, 0.1) is 0 Å². The van der Waals surface area contributed by atoms with Gasteiger partial charge in [0.05, 0.1) is 5.88 Å². The zero-order valence-corrected chi connectivity index (χ0v) is 9.52. The van der Waals surface area contributed by atoms with Gasteiger partial charge in [0.15, 0.2) is 11.9 Å². The molecule has 1 aromatic rings. The van der Waals surface area contributed by atoms with Crippen LogP contribution in [0.4, 0.5) is 0 Å². The fraction of sp³-hybridized carbons (Fsp3) is 0.273. The minimum Gasteiger partial charge on any atom is -0.508 e. The van der Waals surface area contributed by atoms with Crippen molar-refractivity contribution >= 4 is 23.4 Å². The van der Waals surface area contributed by atoms with Crippen molar-refractivity contribution in [3.8, 4) is 5.75 Å². The summed E-state index contributed by atoms with van der Waals surface area (Å²) in [7, 11) is 0. The largest absolute Gasteiger partial charge is 0.508 e. The van der Waals surface area contributed by atoms with Gasteiger partial charge in [-0.15, -0.1) is 11.6 Å². The van der Waals surface area contributed by atoms with Crippen molar-refractivity contribution in [3.05, 3.63) is 29.3 Å². The predicted octanol–water partition coefficient (Wildman–Crippen LogP) is 0.861. The van der Waals surface area contributed by atoms with Gasteiger partial charge in [-0.05, 0) is 11.6 Å². The molecule has 0 aliphatic heterocycles. The first kappa shape index (κ1) is 13.5. The zero-order chi connectivity index (χ0) is 13.0. The van der Waals surface area contributed by atoms with E-state index in [0.717, 1.165) is 6.07 Å². The molecular formula is C11H11ClO5. The van der Waals surface area contributed by atoms with Crippen LogP contribution in [0.1, 0.15) is 17.2 Å². The highest BCUT2D eigenvalue weighted by molar-refractivity contribution is 6.27. The summed E-state index contributed by atoms with van der Waals surface area (Å²) in [4.78, 5) is 21.6. The maximum atomic E-state index is 11.1. The summed E-state index contributed by atoms with van der Waals surface area (Å²) in [5, 5.41) is 27.4. The molecule has 0 aliphatic rings. The molecule has 0 aromatic heterocycles. The number of benzene rings is 1. The third-order valence-electron chi connectivity index (χ3n) is 2.20. The lowest BCUT2D eigenvalue weighted by atomic mass is 10.0. The molecule has 0 saturated carbocycles. The maximum Gasteiger partial charge on any atom is 0.337 e. The number of rotatable bonds is 5. The quantitative estimate of drug-likeness (QED) is 0.681. The lowest BCUT2D eigenvalue weighted by Gasteiger charge is -2.08. The van der Waals surface area contributed by atoms with Crippen LogP contribution in [-0.4, -0.2) is 33.0 Å². The molecule has 1 aromatic carbocycles. The van der Waals surface area contributed by atoms with Crippen molar-refractivity contribution in [2.24, 2.45) is 0 Å². The first-order valence-electron chi connectivity index (χ1n) is 4.76. The van der Waals surface area contributed by atoms with E-state index in [1.807, 2.05) is 0 Å². The molecule has 1 rings (SSSR count). The van der Waals surface area contributed by atoms with Crippen LogP contribution in [0.2, 0.25) is 0 Å². The Kier molecular flexibility index (Phi) is 4.48. The number of ketones is 1. The van der Waals surface area contributed by atoms with Crippen LogP contribution in [0.5, 0.6) is 5.75 Å². The monoisotopic (exact) mass is 258 g/mol. The highest BCUT2D eigenvalue weighted by Gasteiger charge is 2.17. The molecule has 0 heterocycles. The third kappa shape index (κ3) is 3.44. The van der Waals surface area contributed by atoms with Gasteiger partial charge in [-0.1, -0.05) is 12.1 Å². The number of aromatic hydroxyl groups is 1. The molecule has 0 aliphatic carbocycles. The molecule has 0 fully saturated rings. The average molecular weight is 259 g/mol. The lowest BCUT2D eigenvalue weighted by molar-refractivity contribution is -0.147. The number of aliphatic hydroxyl groups is 1. The van der Waals surface area contributed by atoms with Crippen molar-refractivity contribution in [1.82, 2.24) is 0 Å². The average Bonchev–Trinajstić information content (AvgIpc) is 2.30. The summed E-state index contributed by atoms with van der Waals surface area (Å²) >= 11 is 5.33. The van der Waals surface area contributed by atoms with E-state index in [9.17, 15) is 19.8 Å². The van der Waals surface area contributed by atoms with Crippen LogP contribution < -0.4 is 0 Å².